The Hall–Kier alpha value is -1.42. The average molecular weight is 221 g/mol. The van der Waals surface area contributed by atoms with E-state index in [0.717, 1.165) is 5.56 Å². The van der Waals surface area contributed by atoms with Gasteiger partial charge in [0.05, 0.1) is 0 Å². The Morgan fingerprint density at radius 1 is 1.56 bits per heavy atom. The van der Waals surface area contributed by atoms with Crippen molar-refractivity contribution in [3.05, 3.63) is 23.9 Å². The normalized spacial score (nSPS) is 11.2. The van der Waals surface area contributed by atoms with Crippen LogP contribution in [0.15, 0.2) is 12.3 Å². The summed E-state index contributed by atoms with van der Waals surface area (Å²) in [7, 11) is 0. The predicted molar refractivity (Wildman–Crippen MR) is 61.9 cm³/mol. The van der Waals surface area contributed by atoms with E-state index >= 15 is 0 Å². The molecule has 16 heavy (non-hydrogen) atoms. The fraction of sp³-hybridized carbons (Fsp3) is 0.500. The molecular weight excluding hydrogens is 204 g/mol. The van der Waals surface area contributed by atoms with Gasteiger partial charge in [0.15, 0.2) is 0 Å². The third-order valence-corrected chi connectivity index (χ3v) is 2.07. The number of rotatable bonds is 3. The van der Waals surface area contributed by atoms with Gasteiger partial charge in [-0.3, -0.25) is 4.79 Å². The zero-order chi connectivity index (χ0) is 12.2. The largest absolute Gasteiger partial charge is 0.396 e. The number of nitrogens with one attached hydrogen (secondary N) is 1. The van der Waals surface area contributed by atoms with Gasteiger partial charge in [-0.1, -0.05) is 20.8 Å². The fourth-order valence-corrected chi connectivity index (χ4v) is 1.07. The van der Waals surface area contributed by atoms with Crippen molar-refractivity contribution >= 4 is 11.7 Å². The molecule has 87 valence electrons. The molecule has 0 aromatic carbocycles. The van der Waals surface area contributed by atoms with Gasteiger partial charge < -0.3 is 10.4 Å². The Balaban J connectivity index is 2.74. The molecule has 0 saturated heterocycles. The van der Waals surface area contributed by atoms with Crippen LogP contribution in [0.2, 0.25) is 0 Å². The summed E-state index contributed by atoms with van der Waals surface area (Å²) in [5, 5.41) is 11.5. The average Bonchev–Trinajstić information content (AvgIpc) is 2.17. The SMILES string of the molecule is CC(C)(C)C(=O)Nc1cc(CCO)[c]cn1. The number of carbonyl (C=O) groups excluding carboxylic acids is 1. The highest BCUT2D eigenvalue weighted by atomic mass is 16.2. The number of anilines is 1. The number of carbonyl (C=O) groups is 1. The Morgan fingerprint density at radius 3 is 2.81 bits per heavy atom. The first kappa shape index (κ1) is 12.6. The van der Waals surface area contributed by atoms with Gasteiger partial charge in [-0.05, 0) is 18.1 Å². The number of hydrogen-bond acceptors (Lipinski definition) is 3. The van der Waals surface area contributed by atoms with Crippen molar-refractivity contribution in [1.29, 1.82) is 0 Å². The molecule has 2 N–H and O–H groups in total. The number of nitrogens with zero attached hydrogens (tertiary/aromatic N) is 1. The van der Waals surface area contributed by atoms with Crippen LogP contribution >= 0.6 is 0 Å². The first-order chi connectivity index (χ1) is 7.43. The highest BCUT2D eigenvalue weighted by Gasteiger charge is 2.21. The van der Waals surface area contributed by atoms with E-state index in [2.05, 4.69) is 16.4 Å². The van der Waals surface area contributed by atoms with Crippen molar-refractivity contribution in [3.63, 3.8) is 0 Å². The molecule has 4 heteroatoms. The molecule has 0 saturated carbocycles. The van der Waals surface area contributed by atoms with E-state index in [1.54, 1.807) is 6.07 Å². The number of pyridine rings is 1. The standard InChI is InChI=1S/C12H17N2O2/c1-12(2,3)11(16)14-10-8-9(5-7-15)4-6-13-10/h6,8,15H,5,7H2,1-3H3,(H,13,14,16). The Morgan fingerprint density at radius 2 is 2.25 bits per heavy atom. The minimum Gasteiger partial charge on any atom is -0.396 e. The van der Waals surface area contributed by atoms with Crippen LogP contribution in [0.4, 0.5) is 5.82 Å². The lowest BCUT2D eigenvalue weighted by molar-refractivity contribution is -0.123. The number of aliphatic hydroxyl groups is 1. The van der Waals surface area contributed by atoms with Gasteiger partial charge in [-0.15, -0.1) is 0 Å². The molecule has 0 atom stereocenters. The minimum atomic E-state index is -0.446. The molecule has 0 spiro atoms. The maximum atomic E-state index is 11.7. The minimum absolute atomic E-state index is 0.0627. The second-order valence-corrected chi connectivity index (χ2v) is 4.64. The summed E-state index contributed by atoms with van der Waals surface area (Å²) in [6.07, 6.45) is 2.02. The van der Waals surface area contributed by atoms with Crippen LogP contribution in [0.5, 0.6) is 0 Å². The summed E-state index contributed by atoms with van der Waals surface area (Å²) in [4.78, 5) is 15.7. The van der Waals surface area contributed by atoms with Crippen LogP contribution in [0.25, 0.3) is 0 Å². The van der Waals surface area contributed by atoms with E-state index in [1.165, 1.54) is 6.20 Å². The van der Waals surface area contributed by atoms with Gasteiger partial charge in [-0.25, -0.2) is 4.98 Å². The van der Waals surface area contributed by atoms with Crippen molar-refractivity contribution in [1.82, 2.24) is 4.98 Å². The Labute approximate surface area is 95.7 Å². The summed E-state index contributed by atoms with van der Waals surface area (Å²) in [6.45, 7) is 5.58. The van der Waals surface area contributed by atoms with Crippen LogP contribution in [0, 0.1) is 11.5 Å². The van der Waals surface area contributed by atoms with Crippen molar-refractivity contribution in [2.24, 2.45) is 5.41 Å². The molecule has 4 nitrogen and oxygen atoms in total. The Bertz CT molecular complexity index is 370. The first-order valence-corrected chi connectivity index (χ1v) is 5.22. The van der Waals surface area contributed by atoms with Gasteiger partial charge >= 0.3 is 0 Å². The monoisotopic (exact) mass is 221 g/mol. The topological polar surface area (TPSA) is 62.2 Å². The van der Waals surface area contributed by atoms with E-state index < -0.39 is 5.41 Å². The van der Waals surface area contributed by atoms with E-state index in [9.17, 15) is 4.79 Å². The van der Waals surface area contributed by atoms with Crippen molar-refractivity contribution in [3.8, 4) is 0 Å². The van der Waals surface area contributed by atoms with Crippen LogP contribution < -0.4 is 5.32 Å². The molecule has 0 aliphatic carbocycles. The zero-order valence-corrected chi connectivity index (χ0v) is 9.87. The van der Waals surface area contributed by atoms with Crippen LogP contribution in [0.3, 0.4) is 0 Å². The molecule has 0 bridgehead atoms. The van der Waals surface area contributed by atoms with E-state index in [4.69, 9.17) is 5.11 Å². The van der Waals surface area contributed by atoms with Gasteiger partial charge in [0.1, 0.15) is 5.82 Å². The smallest absolute Gasteiger partial charge is 0.230 e. The number of hydrogen-bond donors (Lipinski definition) is 2. The van der Waals surface area contributed by atoms with Crippen LogP contribution in [-0.4, -0.2) is 22.6 Å². The highest BCUT2D eigenvalue weighted by molar-refractivity contribution is 5.93. The second-order valence-electron chi connectivity index (χ2n) is 4.64. The van der Waals surface area contributed by atoms with E-state index in [0.29, 0.717) is 12.2 Å². The van der Waals surface area contributed by atoms with Crippen molar-refractivity contribution in [2.75, 3.05) is 11.9 Å². The third kappa shape index (κ3) is 3.62. The molecule has 1 radical (unpaired) electrons. The van der Waals surface area contributed by atoms with Crippen molar-refractivity contribution < 1.29 is 9.90 Å². The molecule has 1 amide bonds. The molecule has 1 heterocycles. The van der Waals surface area contributed by atoms with Crippen LogP contribution in [-0.2, 0) is 11.2 Å². The summed E-state index contributed by atoms with van der Waals surface area (Å²) in [5.41, 5.74) is 0.389. The molecular formula is C12H17N2O2. The molecule has 0 unspecified atom stereocenters. The first-order valence-electron chi connectivity index (χ1n) is 5.22. The third-order valence-electron chi connectivity index (χ3n) is 2.07. The summed E-state index contributed by atoms with van der Waals surface area (Å²) >= 11 is 0. The maximum absolute atomic E-state index is 11.7. The highest BCUT2D eigenvalue weighted by Crippen LogP contribution is 2.16. The van der Waals surface area contributed by atoms with Gasteiger partial charge in [0, 0.05) is 24.3 Å². The summed E-state index contributed by atoms with van der Waals surface area (Å²) in [5.74, 6) is 0.420. The zero-order valence-electron chi connectivity index (χ0n) is 9.87. The number of amides is 1. The maximum Gasteiger partial charge on any atom is 0.230 e. The van der Waals surface area contributed by atoms with Crippen molar-refractivity contribution in [2.45, 2.75) is 27.2 Å². The van der Waals surface area contributed by atoms with Gasteiger partial charge in [0.25, 0.3) is 0 Å². The molecule has 1 aromatic rings. The van der Waals surface area contributed by atoms with Gasteiger partial charge in [0.2, 0.25) is 5.91 Å². The lowest BCUT2D eigenvalue weighted by atomic mass is 9.96. The number of aromatic nitrogens is 1. The van der Waals surface area contributed by atoms with E-state index in [1.807, 2.05) is 20.8 Å². The lowest BCUT2D eigenvalue weighted by Crippen LogP contribution is -2.28. The summed E-state index contributed by atoms with van der Waals surface area (Å²) in [6, 6.07) is 4.62. The predicted octanol–water partition coefficient (Wildman–Crippen LogP) is 1.40. The van der Waals surface area contributed by atoms with Gasteiger partial charge in [-0.2, -0.15) is 0 Å². The molecule has 0 aliphatic rings. The molecule has 0 fully saturated rings. The molecule has 1 rings (SSSR count). The second kappa shape index (κ2) is 5.07. The number of aliphatic hydroxyl groups excluding tert-OH is 1. The Kier molecular flexibility index (Phi) is 4.01. The quantitative estimate of drug-likeness (QED) is 0.811. The summed E-state index contributed by atoms with van der Waals surface area (Å²) < 4.78 is 0. The lowest BCUT2D eigenvalue weighted by Gasteiger charge is -2.17. The van der Waals surface area contributed by atoms with E-state index in [-0.39, 0.29) is 12.5 Å². The molecule has 1 aromatic heterocycles. The van der Waals surface area contributed by atoms with Crippen LogP contribution in [0.1, 0.15) is 26.3 Å². The molecule has 0 aliphatic heterocycles. The fourth-order valence-electron chi connectivity index (χ4n) is 1.07.